The van der Waals surface area contributed by atoms with E-state index in [4.69, 9.17) is 53.8 Å². The van der Waals surface area contributed by atoms with Crippen LogP contribution in [0.15, 0.2) is 66.7 Å². The van der Waals surface area contributed by atoms with E-state index in [0.29, 0.717) is 15.6 Å². The molecule has 0 aliphatic rings. The van der Waals surface area contributed by atoms with Gasteiger partial charge in [-0.25, -0.2) is 9.59 Å². The Labute approximate surface area is 255 Å². The molecule has 1 aromatic heterocycles. The van der Waals surface area contributed by atoms with Gasteiger partial charge in [0.05, 0.1) is 10.0 Å². The van der Waals surface area contributed by atoms with Gasteiger partial charge in [-0.1, -0.05) is 71.2 Å². The Morgan fingerprint density at radius 2 is 1.29 bits per heavy atom. The topological polar surface area (TPSA) is 132 Å². The summed E-state index contributed by atoms with van der Waals surface area (Å²) in [6.07, 6.45) is 0. The van der Waals surface area contributed by atoms with E-state index in [1.807, 2.05) is 19.1 Å². The van der Waals surface area contributed by atoms with Gasteiger partial charge in [0, 0.05) is 10.6 Å². The second kappa shape index (κ2) is 13.7. The maximum absolute atomic E-state index is 12.7. The molecule has 4 rings (SSSR count). The first-order valence-corrected chi connectivity index (χ1v) is 13.1. The lowest BCUT2D eigenvalue weighted by molar-refractivity contribution is -0.137. The van der Waals surface area contributed by atoms with Gasteiger partial charge in [0.1, 0.15) is 34.8 Å². The first-order valence-electron chi connectivity index (χ1n) is 12.0. The third-order valence-corrected chi connectivity index (χ3v) is 6.34. The van der Waals surface area contributed by atoms with Crippen LogP contribution < -0.4 is 18.9 Å². The highest BCUT2D eigenvalue weighted by atomic mass is 35.5. The second-order valence-corrected chi connectivity index (χ2v) is 9.72. The minimum atomic E-state index is -0.955. The fourth-order valence-corrected chi connectivity index (χ4v) is 4.41. The van der Waals surface area contributed by atoms with E-state index in [-0.39, 0.29) is 33.2 Å². The highest BCUT2D eigenvalue weighted by Crippen LogP contribution is 2.37. The van der Waals surface area contributed by atoms with Crippen LogP contribution in [0, 0.1) is 29.6 Å². The lowest BCUT2D eigenvalue weighted by Gasteiger charge is -2.15. The van der Waals surface area contributed by atoms with Gasteiger partial charge in [0.25, 0.3) is 0 Å². The van der Waals surface area contributed by atoms with Crippen LogP contribution in [0.25, 0.3) is 11.1 Å². The molecule has 0 bridgehead atoms. The maximum Gasteiger partial charge on any atom is 0.350 e. The van der Waals surface area contributed by atoms with Crippen LogP contribution in [0.5, 0.6) is 23.3 Å². The number of rotatable bonds is 9. The van der Waals surface area contributed by atoms with Crippen LogP contribution in [0.3, 0.4) is 0 Å². The van der Waals surface area contributed by atoms with Gasteiger partial charge in [-0.3, -0.25) is 0 Å². The monoisotopic (exact) mass is 621 g/mol. The number of hydrogen-bond donors (Lipinski definition) is 0. The summed E-state index contributed by atoms with van der Waals surface area (Å²) in [4.78, 5) is 29.5. The zero-order valence-electron chi connectivity index (χ0n) is 21.7. The third kappa shape index (κ3) is 7.28. The van der Waals surface area contributed by atoms with Gasteiger partial charge in [0.2, 0.25) is 11.8 Å². The molecule has 4 aromatic rings. The minimum Gasteiger partial charge on any atom is -0.480 e. The molecule has 0 amide bonds. The number of ether oxygens (including phenoxy) is 4. The number of benzene rings is 3. The number of nitrogens with zero attached hydrogens (tertiary/aromatic N) is 3. The Bertz CT molecular complexity index is 1640. The molecular formula is C30H18Cl3N3O6. The lowest BCUT2D eigenvalue weighted by atomic mass is 9.97. The van der Waals surface area contributed by atoms with Crippen molar-refractivity contribution in [2.45, 2.75) is 6.92 Å². The molecule has 0 saturated heterocycles. The molecule has 210 valence electrons. The number of aryl methyl sites for hydroxylation is 1. The highest BCUT2D eigenvalue weighted by Gasteiger charge is 2.26. The summed E-state index contributed by atoms with van der Waals surface area (Å²) in [6, 6.07) is 21.6. The summed E-state index contributed by atoms with van der Waals surface area (Å²) in [7, 11) is 0. The second-order valence-electron chi connectivity index (χ2n) is 8.47. The number of halogens is 3. The van der Waals surface area contributed by atoms with Crippen LogP contribution in [0.1, 0.15) is 16.7 Å². The van der Waals surface area contributed by atoms with Crippen molar-refractivity contribution in [3.05, 3.63) is 98.5 Å². The maximum atomic E-state index is 12.7. The van der Waals surface area contributed by atoms with E-state index in [1.165, 1.54) is 18.2 Å². The van der Waals surface area contributed by atoms with Crippen molar-refractivity contribution in [3.8, 4) is 46.5 Å². The van der Waals surface area contributed by atoms with Gasteiger partial charge >= 0.3 is 11.9 Å². The van der Waals surface area contributed by atoms with Crippen molar-refractivity contribution >= 4 is 46.7 Å². The molecule has 12 heteroatoms. The average molecular weight is 623 g/mol. The summed E-state index contributed by atoms with van der Waals surface area (Å²) >= 11 is 18.1. The van der Waals surface area contributed by atoms with Crippen LogP contribution >= 0.6 is 34.8 Å². The molecule has 0 atom stereocenters. The number of pyridine rings is 1. The van der Waals surface area contributed by atoms with Crippen molar-refractivity contribution in [2.75, 3.05) is 13.2 Å². The number of hydrogen-bond acceptors (Lipinski definition) is 9. The smallest absolute Gasteiger partial charge is 0.350 e. The van der Waals surface area contributed by atoms with Gasteiger partial charge < -0.3 is 18.9 Å². The molecule has 0 spiro atoms. The molecule has 0 N–H and O–H groups in total. The number of carbonyl (C=O) groups excluding carboxylic acids is 2. The van der Waals surface area contributed by atoms with Gasteiger partial charge in [-0.05, 0) is 48.4 Å². The van der Waals surface area contributed by atoms with E-state index in [2.05, 4.69) is 4.98 Å². The molecule has 0 unspecified atom stereocenters. The minimum absolute atomic E-state index is 0.0466. The van der Waals surface area contributed by atoms with E-state index in [1.54, 1.807) is 48.5 Å². The average Bonchev–Trinajstić information content (AvgIpc) is 2.96. The van der Waals surface area contributed by atoms with Gasteiger partial charge in [0.15, 0.2) is 13.2 Å². The SMILES string of the molecule is Cc1ccc(OCC(=O)Oc2nc(OC(=O)COc3ccc(Cl)cc3Cl)c(C#N)c(-c3ccccc3)c2C#N)c(Cl)c1. The normalized spacial score (nSPS) is 10.2. The molecule has 0 aliphatic carbocycles. The number of nitriles is 2. The van der Waals surface area contributed by atoms with Gasteiger partial charge in [-0.2, -0.15) is 15.5 Å². The molecule has 9 nitrogen and oxygen atoms in total. The fraction of sp³-hybridized carbons (Fsp3) is 0.100. The van der Waals surface area contributed by atoms with Crippen molar-refractivity contribution in [1.29, 1.82) is 10.5 Å². The predicted molar refractivity (Wildman–Crippen MR) is 154 cm³/mol. The molecular weight excluding hydrogens is 605 g/mol. The number of carbonyl (C=O) groups is 2. The van der Waals surface area contributed by atoms with Crippen LogP contribution in [0.2, 0.25) is 15.1 Å². The van der Waals surface area contributed by atoms with E-state index in [9.17, 15) is 20.1 Å². The first-order chi connectivity index (χ1) is 20.2. The standard InChI is InChI=1S/C30H18Cl3N3O6/c1-17-7-9-24(22(32)11-17)39-15-26(37)41-29-20(13-34)28(18-5-3-2-4-6-18)21(14-35)30(36-29)42-27(38)16-40-25-10-8-19(31)12-23(25)33/h2-12H,15-16H2,1H3. The Hall–Kier alpha value is -4.80. The van der Waals surface area contributed by atoms with Crippen molar-refractivity contribution < 1.29 is 28.5 Å². The van der Waals surface area contributed by atoms with Crippen LogP contribution in [0.4, 0.5) is 0 Å². The fourth-order valence-electron chi connectivity index (χ4n) is 3.65. The Balaban J connectivity index is 1.64. The molecule has 0 fully saturated rings. The third-order valence-electron chi connectivity index (χ3n) is 5.51. The lowest BCUT2D eigenvalue weighted by Crippen LogP contribution is -2.21. The Morgan fingerprint density at radius 1 is 0.762 bits per heavy atom. The van der Waals surface area contributed by atoms with Crippen LogP contribution in [-0.2, 0) is 9.59 Å². The Kier molecular flexibility index (Phi) is 9.85. The largest absolute Gasteiger partial charge is 0.480 e. The summed E-state index contributed by atoms with van der Waals surface area (Å²) < 4.78 is 21.6. The highest BCUT2D eigenvalue weighted by molar-refractivity contribution is 6.35. The van der Waals surface area contributed by atoms with Crippen molar-refractivity contribution in [2.24, 2.45) is 0 Å². The summed E-state index contributed by atoms with van der Waals surface area (Å²) in [5, 5.41) is 20.8. The molecule has 0 saturated carbocycles. The number of aromatic nitrogens is 1. The quantitative estimate of drug-likeness (QED) is 0.186. The number of esters is 2. The zero-order chi connectivity index (χ0) is 30.2. The molecule has 1 heterocycles. The van der Waals surface area contributed by atoms with Crippen molar-refractivity contribution in [3.63, 3.8) is 0 Å². The summed E-state index contributed by atoms with van der Waals surface area (Å²) in [5.74, 6) is -2.48. The summed E-state index contributed by atoms with van der Waals surface area (Å²) in [6.45, 7) is 0.646. The molecule has 0 aliphatic heterocycles. The van der Waals surface area contributed by atoms with E-state index >= 15 is 0 Å². The van der Waals surface area contributed by atoms with E-state index in [0.717, 1.165) is 5.56 Å². The molecule has 42 heavy (non-hydrogen) atoms. The first kappa shape index (κ1) is 30.2. The summed E-state index contributed by atoms with van der Waals surface area (Å²) in [5.41, 5.74) is 0.883. The predicted octanol–water partition coefficient (Wildman–Crippen LogP) is 6.73. The van der Waals surface area contributed by atoms with E-state index < -0.39 is 36.9 Å². The Morgan fingerprint density at radius 3 is 1.79 bits per heavy atom. The van der Waals surface area contributed by atoms with Crippen molar-refractivity contribution in [1.82, 2.24) is 4.98 Å². The molecule has 0 radical (unpaired) electrons. The zero-order valence-corrected chi connectivity index (χ0v) is 24.0. The van der Waals surface area contributed by atoms with Gasteiger partial charge in [-0.15, -0.1) is 0 Å². The molecule has 3 aromatic carbocycles. The van der Waals surface area contributed by atoms with Crippen LogP contribution in [-0.4, -0.2) is 30.1 Å².